The predicted molar refractivity (Wildman–Crippen MR) is 96.1 cm³/mol. The van der Waals surface area contributed by atoms with E-state index in [2.05, 4.69) is 19.6 Å². The van der Waals surface area contributed by atoms with Gasteiger partial charge in [-0.3, -0.25) is 4.79 Å². The number of aromatic nitrogens is 5. The Hall–Kier alpha value is -2.81. The van der Waals surface area contributed by atoms with Crippen LogP contribution >= 0.6 is 11.5 Å². The highest BCUT2D eigenvalue weighted by Gasteiger charge is 2.32. The average molecular weight is 370 g/mol. The van der Waals surface area contributed by atoms with Crippen molar-refractivity contribution in [2.45, 2.75) is 26.4 Å². The predicted octanol–water partition coefficient (Wildman–Crippen LogP) is 2.33. The molecule has 1 atom stereocenters. The number of aryl methyl sites for hydroxylation is 1. The third-order valence-corrected chi connectivity index (χ3v) is 5.28. The van der Waals surface area contributed by atoms with Crippen molar-refractivity contribution in [1.29, 1.82) is 0 Å². The number of fused-ring (bicyclic) bond motifs is 1. The fraction of sp³-hybridized carbons (Fsp3) is 0.353. The first-order valence-corrected chi connectivity index (χ1v) is 9.04. The van der Waals surface area contributed by atoms with Crippen molar-refractivity contribution < 1.29 is 9.53 Å². The van der Waals surface area contributed by atoms with Crippen LogP contribution in [0.25, 0.3) is 10.8 Å². The molecule has 26 heavy (non-hydrogen) atoms. The molecule has 0 fully saturated rings. The lowest BCUT2D eigenvalue weighted by Crippen LogP contribution is -2.41. The zero-order chi connectivity index (χ0) is 18.3. The van der Waals surface area contributed by atoms with E-state index in [4.69, 9.17) is 4.74 Å². The largest absolute Gasteiger partial charge is 0.497 e. The summed E-state index contributed by atoms with van der Waals surface area (Å²) in [7, 11) is 1.59. The van der Waals surface area contributed by atoms with Crippen molar-refractivity contribution in [3.05, 3.63) is 41.5 Å². The van der Waals surface area contributed by atoms with Crippen LogP contribution < -0.4 is 4.74 Å². The van der Waals surface area contributed by atoms with Gasteiger partial charge in [-0.05, 0) is 43.6 Å². The lowest BCUT2D eigenvalue weighted by Gasteiger charge is -2.33. The lowest BCUT2D eigenvalue weighted by atomic mass is 10.1. The SMILES string of the molecule is COc1cccc(C(=O)N2CCn3c(-c4nc(C)ns4)nnc3C2C)c1. The normalized spacial score (nSPS) is 16.4. The molecule has 2 aromatic heterocycles. The van der Waals surface area contributed by atoms with E-state index in [1.165, 1.54) is 11.5 Å². The van der Waals surface area contributed by atoms with E-state index in [1.54, 1.807) is 19.2 Å². The van der Waals surface area contributed by atoms with Gasteiger partial charge in [-0.15, -0.1) is 10.2 Å². The minimum Gasteiger partial charge on any atom is -0.497 e. The van der Waals surface area contributed by atoms with Gasteiger partial charge in [0.05, 0.1) is 13.2 Å². The molecule has 134 valence electrons. The van der Waals surface area contributed by atoms with E-state index >= 15 is 0 Å². The zero-order valence-corrected chi connectivity index (χ0v) is 15.5. The molecule has 0 spiro atoms. The van der Waals surface area contributed by atoms with Crippen LogP contribution in [0.3, 0.4) is 0 Å². The second kappa shape index (κ2) is 6.49. The van der Waals surface area contributed by atoms with Crippen molar-refractivity contribution in [3.63, 3.8) is 0 Å². The van der Waals surface area contributed by atoms with Crippen LogP contribution in [0.1, 0.15) is 35.0 Å². The molecule has 3 heterocycles. The summed E-state index contributed by atoms with van der Waals surface area (Å²) in [5.74, 6) is 2.82. The van der Waals surface area contributed by atoms with Crippen LogP contribution in [0, 0.1) is 6.92 Å². The molecule has 0 saturated heterocycles. The highest BCUT2D eigenvalue weighted by atomic mass is 32.1. The van der Waals surface area contributed by atoms with Gasteiger partial charge in [-0.1, -0.05) is 6.07 Å². The maximum atomic E-state index is 13.0. The molecule has 3 aromatic rings. The number of methoxy groups -OCH3 is 1. The summed E-state index contributed by atoms with van der Waals surface area (Å²) in [5.41, 5.74) is 0.601. The fourth-order valence-electron chi connectivity index (χ4n) is 3.13. The first-order chi connectivity index (χ1) is 12.6. The number of amides is 1. The molecule has 9 heteroatoms. The summed E-state index contributed by atoms with van der Waals surface area (Å²) < 4.78 is 11.5. The van der Waals surface area contributed by atoms with E-state index in [0.717, 1.165) is 16.7 Å². The van der Waals surface area contributed by atoms with Crippen molar-refractivity contribution in [2.24, 2.45) is 0 Å². The minimum absolute atomic E-state index is 0.0426. The molecule has 4 rings (SSSR count). The number of carbonyl (C=O) groups is 1. The smallest absolute Gasteiger partial charge is 0.254 e. The van der Waals surface area contributed by atoms with Crippen LogP contribution in [-0.2, 0) is 6.54 Å². The molecule has 1 aliphatic heterocycles. The van der Waals surface area contributed by atoms with Gasteiger partial charge in [0.1, 0.15) is 11.6 Å². The molecular weight excluding hydrogens is 352 g/mol. The van der Waals surface area contributed by atoms with E-state index in [9.17, 15) is 4.79 Å². The molecule has 0 saturated carbocycles. The molecule has 0 bridgehead atoms. The standard InChI is InChI=1S/C17H18N6O2S/c1-10-14-19-20-15(16-18-11(2)21-26-16)23(14)8-7-22(10)17(24)12-5-4-6-13(9-12)25-3/h4-6,9-10H,7-8H2,1-3H3. The van der Waals surface area contributed by atoms with Gasteiger partial charge in [0.2, 0.25) is 0 Å². The van der Waals surface area contributed by atoms with E-state index in [0.29, 0.717) is 30.2 Å². The molecule has 8 nitrogen and oxygen atoms in total. The molecule has 0 radical (unpaired) electrons. The number of rotatable bonds is 3. The number of ether oxygens (including phenoxy) is 1. The second-order valence-electron chi connectivity index (χ2n) is 6.09. The minimum atomic E-state index is -0.183. The Bertz CT molecular complexity index is 966. The van der Waals surface area contributed by atoms with Crippen LogP contribution in [0.15, 0.2) is 24.3 Å². The Labute approximate surface area is 154 Å². The Kier molecular flexibility index (Phi) is 4.15. The number of hydrogen-bond donors (Lipinski definition) is 0. The Morgan fingerprint density at radius 1 is 1.31 bits per heavy atom. The number of benzene rings is 1. The molecule has 0 aliphatic carbocycles. The van der Waals surface area contributed by atoms with E-state index in [-0.39, 0.29) is 11.9 Å². The molecule has 1 amide bonds. The third kappa shape index (κ3) is 2.74. The summed E-state index contributed by atoms with van der Waals surface area (Å²) in [6.45, 7) is 5.01. The summed E-state index contributed by atoms with van der Waals surface area (Å²) in [5, 5.41) is 9.36. The Morgan fingerprint density at radius 3 is 2.88 bits per heavy atom. The lowest BCUT2D eigenvalue weighted by molar-refractivity contribution is 0.0638. The van der Waals surface area contributed by atoms with Gasteiger partial charge < -0.3 is 14.2 Å². The van der Waals surface area contributed by atoms with E-state index in [1.807, 2.05) is 35.4 Å². The average Bonchev–Trinajstić information content (AvgIpc) is 3.28. The number of carbonyl (C=O) groups excluding carboxylic acids is 1. The monoisotopic (exact) mass is 370 g/mol. The van der Waals surface area contributed by atoms with Crippen molar-refractivity contribution in [2.75, 3.05) is 13.7 Å². The quantitative estimate of drug-likeness (QED) is 0.703. The van der Waals surface area contributed by atoms with Gasteiger partial charge in [0.25, 0.3) is 5.91 Å². The maximum Gasteiger partial charge on any atom is 0.254 e. The molecule has 0 N–H and O–H groups in total. The molecule has 1 aliphatic rings. The van der Waals surface area contributed by atoms with Crippen LogP contribution in [0.2, 0.25) is 0 Å². The van der Waals surface area contributed by atoms with Crippen LogP contribution in [0.5, 0.6) is 5.75 Å². The van der Waals surface area contributed by atoms with Gasteiger partial charge >= 0.3 is 0 Å². The maximum absolute atomic E-state index is 13.0. The number of hydrogen-bond acceptors (Lipinski definition) is 7. The second-order valence-corrected chi connectivity index (χ2v) is 6.84. The first kappa shape index (κ1) is 16.6. The Morgan fingerprint density at radius 2 is 2.15 bits per heavy atom. The summed E-state index contributed by atoms with van der Waals surface area (Å²) in [6.07, 6.45) is 0. The topological polar surface area (TPSA) is 86.0 Å². The Balaban J connectivity index is 1.63. The highest BCUT2D eigenvalue weighted by molar-refractivity contribution is 7.09. The highest BCUT2D eigenvalue weighted by Crippen LogP contribution is 2.30. The number of nitrogens with zero attached hydrogens (tertiary/aromatic N) is 6. The van der Waals surface area contributed by atoms with Crippen molar-refractivity contribution >= 4 is 17.4 Å². The third-order valence-electron chi connectivity index (χ3n) is 4.48. The van der Waals surface area contributed by atoms with Gasteiger partial charge in [0.15, 0.2) is 16.7 Å². The summed E-state index contributed by atoms with van der Waals surface area (Å²) in [4.78, 5) is 19.2. The molecular formula is C17H18N6O2S. The molecule has 1 unspecified atom stereocenters. The van der Waals surface area contributed by atoms with Gasteiger partial charge in [-0.25, -0.2) is 4.98 Å². The van der Waals surface area contributed by atoms with Crippen molar-refractivity contribution in [3.8, 4) is 16.6 Å². The van der Waals surface area contributed by atoms with Gasteiger partial charge in [-0.2, -0.15) is 4.37 Å². The van der Waals surface area contributed by atoms with Crippen LogP contribution in [-0.4, -0.2) is 48.6 Å². The van der Waals surface area contributed by atoms with Crippen molar-refractivity contribution in [1.82, 2.24) is 29.0 Å². The van der Waals surface area contributed by atoms with Crippen LogP contribution in [0.4, 0.5) is 0 Å². The fourth-order valence-corrected chi connectivity index (χ4v) is 3.80. The first-order valence-electron chi connectivity index (χ1n) is 8.27. The summed E-state index contributed by atoms with van der Waals surface area (Å²) >= 11 is 1.31. The zero-order valence-electron chi connectivity index (χ0n) is 14.7. The van der Waals surface area contributed by atoms with E-state index < -0.39 is 0 Å². The summed E-state index contributed by atoms with van der Waals surface area (Å²) in [6, 6.07) is 7.01. The molecule has 1 aromatic carbocycles. The van der Waals surface area contributed by atoms with Gasteiger partial charge in [0, 0.05) is 18.7 Å².